The molecular formula is C17H22BrN3. The van der Waals surface area contributed by atoms with Gasteiger partial charge in [0.2, 0.25) is 0 Å². The molecule has 1 saturated heterocycles. The molecule has 3 nitrogen and oxygen atoms in total. The normalized spacial score (nSPS) is 17.4. The highest BCUT2D eigenvalue weighted by molar-refractivity contribution is 9.10. The second kappa shape index (κ2) is 6.86. The van der Waals surface area contributed by atoms with Gasteiger partial charge < -0.3 is 10.2 Å². The molecule has 1 atom stereocenters. The Hall–Kier alpha value is -0.970. The summed E-state index contributed by atoms with van der Waals surface area (Å²) in [4.78, 5) is 7.09. The van der Waals surface area contributed by atoms with E-state index in [1.165, 1.54) is 36.9 Å². The summed E-state index contributed by atoms with van der Waals surface area (Å²) >= 11 is 3.60. The Morgan fingerprint density at radius 2 is 2.10 bits per heavy atom. The van der Waals surface area contributed by atoms with Crippen LogP contribution in [0, 0.1) is 0 Å². The van der Waals surface area contributed by atoms with Crippen molar-refractivity contribution >= 4 is 26.8 Å². The molecule has 0 saturated carbocycles. The summed E-state index contributed by atoms with van der Waals surface area (Å²) in [5.41, 5.74) is 2.36. The highest BCUT2D eigenvalue weighted by Gasteiger charge is 2.14. The maximum atomic E-state index is 4.54. The Labute approximate surface area is 134 Å². The monoisotopic (exact) mass is 347 g/mol. The molecule has 21 heavy (non-hydrogen) atoms. The lowest BCUT2D eigenvalue weighted by molar-refractivity contribution is 0.298. The predicted molar refractivity (Wildman–Crippen MR) is 91.4 cm³/mol. The number of pyridine rings is 1. The van der Waals surface area contributed by atoms with Crippen LogP contribution in [0.3, 0.4) is 0 Å². The summed E-state index contributed by atoms with van der Waals surface area (Å²) in [6, 6.07) is 8.89. The van der Waals surface area contributed by atoms with Gasteiger partial charge in [0.05, 0.1) is 5.52 Å². The molecular weight excluding hydrogens is 326 g/mol. The lowest BCUT2D eigenvalue weighted by atomic mass is 10.1. The van der Waals surface area contributed by atoms with Gasteiger partial charge in [-0.1, -0.05) is 28.1 Å². The standard InChI is InChI=1S/C17H22BrN3/c1-13(12-21-9-2-3-10-21)20-11-14-6-7-16(18)15-5-4-8-19-17(14)15/h4-8,13,20H,2-3,9-12H2,1H3. The smallest absolute Gasteiger partial charge is 0.0758 e. The molecule has 112 valence electrons. The van der Waals surface area contributed by atoms with Crippen LogP contribution in [0.4, 0.5) is 0 Å². The van der Waals surface area contributed by atoms with Crippen LogP contribution in [0.15, 0.2) is 34.9 Å². The molecule has 1 unspecified atom stereocenters. The van der Waals surface area contributed by atoms with Crippen LogP contribution in [0.1, 0.15) is 25.3 Å². The van der Waals surface area contributed by atoms with E-state index in [9.17, 15) is 0 Å². The van der Waals surface area contributed by atoms with Crippen molar-refractivity contribution in [3.05, 3.63) is 40.5 Å². The molecule has 0 radical (unpaired) electrons. The summed E-state index contributed by atoms with van der Waals surface area (Å²) in [5.74, 6) is 0. The Kier molecular flexibility index (Phi) is 4.88. The minimum absolute atomic E-state index is 0.505. The van der Waals surface area contributed by atoms with Gasteiger partial charge in [-0.15, -0.1) is 0 Å². The van der Waals surface area contributed by atoms with Crippen molar-refractivity contribution in [3.8, 4) is 0 Å². The van der Waals surface area contributed by atoms with Gasteiger partial charge in [0, 0.05) is 35.2 Å². The summed E-state index contributed by atoms with van der Waals surface area (Å²) in [5, 5.41) is 4.82. The molecule has 1 aromatic carbocycles. The predicted octanol–water partition coefficient (Wildman–Crippen LogP) is 3.57. The lowest BCUT2D eigenvalue weighted by Gasteiger charge is -2.21. The van der Waals surface area contributed by atoms with Crippen molar-refractivity contribution in [2.24, 2.45) is 0 Å². The number of hydrogen-bond donors (Lipinski definition) is 1. The van der Waals surface area contributed by atoms with E-state index in [0.717, 1.165) is 23.1 Å². The number of aromatic nitrogens is 1. The zero-order valence-corrected chi connectivity index (χ0v) is 14.1. The van der Waals surface area contributed by atoms with E-state index < -0.39 is 0 Å². The average molecular weight is 348 g/mol. The minimum atomic E-state index is 0.505. The van der Waals surface area contributed by atoms with Crippen LogP contribution in [0.2, 0.25) is 0 Å². The van der Waals surface area contributed by atoms with Crippen molar-refractivity contribution < 1.29 is 0 Å². The van der Waals surface area contributed by atoms with E-state index in [2.05, 4.69) is 56.3 Å². The molecule has 1 N–H and O–H groups in total. The third kappa shape index (κ3) is 3.62. The molecule has 2 aromatic rings. The number of rotatable bonds is 5. The maximum absolute atomic E-state index is 4.54. The molecule has 0 aliphatic carbocycles. The largest absolute Gasteiger partial charge is 0.309 e. The van der Waals surface area contributed by atoms with Crippen molar-refractivity contribution in [1.29, 1.82) is 0 Å². The van der Waals surface area contributed by atoms with Crippen LogP contribution in [0.5, 0.6) is 0 Å². The fourth-order valence-corrected chi connectivity index (χ4v) is 3.49. The second-order valence-electron chi connectivity index (χ2n) is 5.90. The zero-order valence-electron chi connectivity index (χ0n) is 12.5. The minimum Gasteiger partial charge on any atom is -0.309 e. The molecule has 1 fully saturated rings. The number of halogens is 1. The third-order valence-corrected chi connectivity index (χ3v) is 4.86. The summed E-state index contributed by atoms with van der Waals surface area (Å²) in [6.07, 6.45) is 4.58. The van der Waals surface area contributed by atoms with Crippen LogP contribution in [-0.2, 0) is 6.54 Å². The molecule has 0 spiro atoms. The molecule has 4 heteroatoms. The van der Waals surface area contributed by atoms with Gasteiger partial charge in [-0.3, -0.25) is 4.98 Å². The van der Waals surface area contributed by atoms with Gasteiger partial charge in [0.15, 0.2) is 0 Å². The Balaban J connectivity index is 1.66. The molecule has 1 aliphatic rings. The van der Waals surface area contributed by atoms with Crippen molar-refractivity contribution in [3.63, 3.8) is 0 Å². The fraction of sp³-hybridized carbons (Fsp3) is 0.471. The summed E-state index contributed by atoms with van der Waals surface area (Å²) < 4.78 is 1.11. The van der Waals surface area contributed by atoms with E-state index in [4.69, 9.17) is 0 Å². The van der Waals surface area contributed by atoms with Gasteiger partial charge in [-0.2, -0.15) is 0 Å². The van der Waals surface area contributed by atoms with Crippen LogP contribution in [0.25, 0.3) is 10.9 Å². The van der Waals surface area contributed by atoms with Crippen LogP contribution < -0.4 is 5.32 Å². The van der Waals surface area contributed by atoms with E-state index >= 15 is 0 Å². The number of likely N-dealkylation sites (tertiary alicyclic amines) is 1. The van der Waals surface area contributed by atoms with E-state index in [1.54, 1.807) is 0 Å². The van der Waals surface area contributed by atoms with Crippen LogP contribution in [-0.4, -0.2) is 35.6 Å². The van der Waals surface area contributed by atoms with Gasteiger partial charge in [0.25, 0.3) is 0 Å². The van der Waals surface area contributed by atoms with E-state index in [1.807, 2.05) is 12.3 Å². The van der Waals surface area contributed by atoms with Gasteiger partial charge in [0.1, 0.15) is 0 Å². The SMILES string of the molecule is CC(CN1CCCC1)NCc1ccc(Br)c2cccnc12. The molecule has 1 aromatic heterocycles. The first kappa shape index (κ1) is 14.9. The second-order valence-corrected chi connectivity index (χ2v) is 6.75. The average Bonchev–Trinajstić information content (AvgIpc) is 3.00. The topological polar surface area (TPSA) is 28.2 Å². The number of hydrogen-bond acceptors (Lipinski definition) is 3. The zero-order chi connectivity index (χ0) is 14.7. The molecule has 3 rings (SSSR count). The summed E-state index contributed by atoms with van der Waals surface area (Å²) in [7, 11) is 0. The van der Waals surface area contributed by atoms with Crippen LogP contribution >= 0.6 is 15.9 Å². The van der Waals surface area contributed by atoms with E-state index in [-0.39, 0.29) is 0 Å². The fourth-order valence-electron chi connectivity index (χ4n) is 3.04. The summed E-state index contributed by atoms with van der Waals surface area (Å²) in [6.45, 7) is 6.80. The first-order chi connectivity index (χ1) is 10.2. The van der Waals surface area contributed by atoms with E-state index in [0.29, 0.717) is 6.04 Å². The quantitative estimate of drug-likeness (QED) is 0.895. The molecule has 0 bridgehead atoms. The first-order valence-electron chi connectivity index (χ1n) is 7.72. The Morgan fingerprint density at radius 3 is 2.90 bits per heavy atom. The highest BCUT2D eigenvalue weighted by atomic mass is 79.9. The molecule has 0 amide bonds. The highest BCUT2D eigenvalue weighted by Crippen LogP contribution is 2.25. The van der Waals surface area contributed by atoms with Gasteiger partial charge in [-0.05, 0) is 50.6 Å². The number of fused-ring (bicyclic) bond motifs is 1. The Bertz CT molecular complexity index is 608. The van der Waals surface area contributed by atoms with Crippen molar-refractivity contribution in [2.75, 3.05) is 19.6 Å². The molecule has 1 aliphatic heterocycles. The van der Waals surface area contributed by atoms with Crippen molar-refractivity contribution in [1.82, 2.24) is 15.2 Å². The maximum Gasteiger partial charge on any atom is 0.0758 e. The number of nitrogens with one attached hydrogen (secondary N) is 1. The van der Waals surface area contributed by atoms with Gasteiger partial charge in [-0.25, -0.2) is 0 Å². The van der Waals surface area contributed by atoms with Gasteiger partial charge >= 0.3 is 0 Å². The lowest BCUT2D eigenvalue weighted by Crippen LogP contribution is -2.37. The number of benzene rings is 1. The van der Waals surface area contributed by atoms with Crippen molar-refractivity contribution in [2.45, 2.75) is 32.4 Å². The first-order valence-corrected chi connectivity index (χ1v) is 8.51. The number of nitrogens with zero attached hydrogens (tertiary/aromatic N) is 2. The Morgan fingerprint density at radius 1 is 1.29 bits per heavy atom. The molecule has 2 heterocycles. The third-order valence-electron chi connectivity index (χ3n) is 4.17.